The van der Waals surface area contributed by atoms with Gasteiger partial charge < -0.3 is 20.1 Å². The van der Waals surface area contributed by atoms with E-state index in [1.54, 1.807) is 59.7 Å². The quantitative estimate of drug-likeness (QED) is 0.644. The van der Waals surface area contributed by atoms with E-state index in [9.17, 15) is 9.59 Å². The number of amides is 2. The van der Waals surface area contributed by atoms with Crippen molar-refractivity contribution in [1.29, 1.82) is 0 Å². The summed E-state index contributed by atoms with van der Waals surface area (Å²) in [6, 6.07) is 9.99. The third kappa shape index (κ3) is 4.44. The molecule has 0 fully saturated rings. The number of benzene rings is 1. The third-order valence-corrected chi connectivity index (χ3v) is 3.81. The molecule has 2 N–H and O–H groups in total. The summed E-state index contributed by atoms with van der Waals surface area (Å²) in [4.78, 5) is 28.1. The molecule has 1 aromatic carbocycles. The molecule has 28 heavy (non-hydrogen) atoms. The summed E-state index contributed by atoms with van der Waals surface area (Å²) < 4.78 is 12.3. The summed E-state index contributed by atoms with van der Waals surface area (Å²) in [6.07, 6.45) is 4.99. The summed E-state index contributed by atoms with van der Waals surface area (Å²) >= 11 is 0. The lowest BCUT2D eigenvalue weighted by molar-refractivity contribution is -0.122. The van der Waals surface area contributed by atoms with Crippen molar-refractivity contribution in [3.63, 3.8) is 0 Å². The van der Waals surface area contributed by atoms with Crippen molar-refractivity contribution in [2.45, 2.75) is 0 Å². The Balaban J connectivity index is 1.69. The minimum Gasteiger partial charge on any atom is -0.493 e. The van der Waals surface area contributed by atoms with E-state index >= 15 is 0 Å². The highest BCUT2D eigenvalue weighted by Gasteiger charge is 2.13. The predicted octanol–water partition coefficient (Wildman–Crippen LogP) is 1.65. The lowest BCUT2D eigenvalue weighted by Crippen LogP contribution is -2.25. The zero-order chi connectivity index (χ0) is 19.9. The highest BCUT2D eigenvalue weighted by molar-refractivity contribution is 6.04. The Hall–Kier alpha value is -3.88. The van der Waals surface area contributed by atoms with E-state index < -0.39 is 0 Å². The van der Waals surface area contributed by atoms with Gasteiger partial charge in [0.05, 0.1) is 19.0 Å². The molecular weight excluding hydrogens is 362 g/mol. The molecule has 3 aromatic rings. The number of nitrogens with zero attached hydrogens (tertiary/aromatic N) is 3. The maximum Gasteiger partial charge on any atom is 0.257 e. The average molecular weight is 381 g/mol. The van der Waals surface area contributed by atoms with Crippen LogP contribution in [0.4, 0.5) is 5.69 Å². The molecule has 0 aliphatic rings. The van der Waals surface area contributed by atoms with Crippen LogP contribution in [-0.2, 0) is 4.79 Å². The molecule has 0 saturated heterocycles. The van der Waals surface area contributed by atoms with Crippen molar-refractivity contribution < 1.29 is 19.1 Å². The van der Waals surface area contributed by atoms with Crippen molar-refractivity contribution in [3.05, 3.63) is 60.6 Å². The normalized spacial score (nSPS) is 10.2. The summed E-state index contributed by atoms with van der Waals surface area (Å²) in [6.45, 7) is -0.146. The van der Waals surface area contributed by atoms with Crippen molar-refractivity contribution in [2.75, 3.05) is 26.1 Å². The Morgan fingerprint density at radius 1 is 1.18 bits per heavy atom. The van der Waals surface area contributed by atoms with Crippen LogP contribution in [-0.4, -0.2) is 47.3 Å². The summed E-state index contributed by atoms with van der Waals surface area (Å²) in [5, 5.41) is 9.33. The van der Waals surface area contributed by atoms with Crippen LogP contribution in [0.2, 0.25) is 0 Å². The zero-order valence-electron chi connectivity index (χ0n) is 15.4. The first-order valence-corrected chi connectivity index (χ1v) is 8.39. The van der Waals surface area contributed by atoms with E-state index in [0.717, 1.165) is 0 Å². The number of nitrogens with one attached hydrogen (secondary N) is 2. The van der Waals surface area contributed by atoms with E-state index in [1.807, 2.05) is 0 Å². The summed E-state index contributed by atoms with van der Waals surface area (Å²) in [7, 11) is 2.98. The van der Waals surface area contributed by atoms with Crippen LogP contribution in [0.15, 0.2) is 55.0 Å². The van der Waals surface area contributed by atoms with Gasteiger partial charge in [-0.3, -0.25) is 9.59 Å². The van der Waals surface area contributed by atoms with Gasteiger partial charge >= 0.3 is 0 Å². The van der Waals surface area contributed by atoms with E-state index in [-0.39, 0.29) is 18.4 Å². The molecule has 9 nitrogen and oxygen atoms in total. The van der Waals surface area contributed by atoms with Crippen molar-refractivity contribution in [2.24, 2.45) is 0 Å². The lowest BCUT2D eigenvalue weighted by atomic mass is 10.2. The molecule has 2 amide bonds. The second-order valence-corrected chi connectivity index (χ2v) is 5.64. The van der Waals surface area contributed by atoms with Crippen LogP contribution in [0.25, 0.3) is 5.82 Å². The first-order chi connectivity index (χ1) is 13.6. The number of anilines is 1. The van der Waals surface area contributed by atoms with Crippen molar-refractivity contribution >= 4 is 17.5 Å². The van der Waals surface area contributed by atoms with Crippen LogP contribution in [0.1, 0.15) is 10.4 Å². The van der Waals surface area contributed by atoms with Crippen LogP contribution >= 0.6 is 0 Å². The highest BCUT2D eigenvalue weighted by Crippen LogP contribution is 2.28. The topological polar surface area (TPSA) is 107 Å². The molecule has 0 aliphatic carbocycles. The van der Waals surface area contributed by atoms with E-state index in [4.69, 9.17) is 9.47 Å². The molecule has 2 aromatic heterocycles. The van der Waals surface area contributed by atoms with Gasteiger partial charge in [0.2, 0.25) is 0 Å². The largest absolute Gasteiger partial charge is 0.493 e. The molecule has 0 saturated carbocycles. The number of carbonyl (C=O) groups excluding carboxylic acids is 2. The first-order valence-electron chi connectivity index (χ1n) is 8.39. The fourth-order valence-corrected chi connectivity index (χ4v) is 2.35. The average Bonchev–Trinajstić information content (AvgIpc) is 3.27. The number of likely N-dealkylation sites (N-methyl/N-ethyl adjacent to an activating group) is 1. The van der Waals surface area contributed by atoms with Gasteiger partial charge in [-0.05, 0) is 36.4 Å². The number of aromatic nitrogens is 3. The molecule has 144 valence electrons. The minimum atomic E-state index is -0.329. The molecule has 0 bridgehead atoms. The molecule has 0 radical (unpaired) electrons. The summed E-state index contributed by atoms with van der Waals surface area (Å²) in [5.74, 6) is 0.763. The second kappa shape index (κ2) is 8.67. The SMILES string of the molecule is CNC(=O)COc1ccc(C(=O)Nc2ccc(-n3cccn3)nc2)cc1OC. The molecular formula is C19H19N5O4. The Bertz CT molecular complexity index is 955. The second-order valence-electron chi connectivity index (χ2n) is 5.64. The predicted molar refractivity (Wildman–Crippen MR) is 102 cm³/mol. The standard InChI is InChI=1S/C19H19N5O4/c1-20-18(25)12-28-15-6-4-13(10-16(15)27-2)19(26)23-14-5-7-17(21-11-14)24-9-3-8-22-24/h3-11H,12H2,1-2H3,(H,20,25)(H,23,26). The van der Waals surface area contributed by atoms with Gasteiger partial charge in [0.15, 0.2) is 23.9 Å². The fourth-order valence-electron chi connectivity index (χ4n) is 2.35. The van der Waals surface area contributed by atoms with Gasteiger partial charge in [-0.2, -0.15) is 5.10 Å². The Kier molecular flexibility index (Phi) is 5.85. The van der Waals surface area contributed by atoms with E-state index in [0.29, 0.717) is 28.6 Å². The molecule has 3 rings (SSSR count). The molecule has 2 heterocycles. The highest BCUT2D eigenvalue weighted by atomic mass is 16.5. The van der Waals surface area contributed by atoms with Crippen molar-refractivity contribution in [1.82, 2.24) is 20.1 Å². The third-order valence-electron chi connectivity index (χ3n) is 3.81. The Labute approximate surface area is 161 Å². The molecule has 0 unspecified atom stereocenters. The smallest absolute Gasteiger partial charge is 0.257 e. The molecule has 0 aliphatic heterocycles. The Morgan fingerprint density at radius 2 is 2.04 bits per heavy atom. The number of pyridine rings is 1. The molecule has 0 spiro atoms. The monoisotopic (exact) mass is 381 g/mol. The number of ether oxygens (including phenoxy) is 2. The van der Waals surface area contributed by atoms with Gasteiger partial charge in [0.1, 0.15) is 0 Å². The van der Waals surface area contributed by atoms with Gasteiger partial charge in [-0.15, -0.1) is 0 Å². The zero-order valence-corrected chi connectivity index (χ0v) is 15.4. The number of hydrogen-bond donors (Lipinski definition) is 2. The van der Waals surface area contributed by atoms with Gasteiger partial charge in [-0.25, -0.2) is 9.67 Å². The van der Waals surface area contributed by atoms with Gasteiger partial charge in [-0.1, -0.05) is 0 Å². The Morgan fingerprint density at radius 3 is 2.68 bits per heavy atom. The molecule has 0 atom stereocenters. The summed E-state index contributed by atoms with van der Waals surface area (Å²) in [5.41, 5.74) is 0.917. The minimum absolute atomic E-state index is 0.146. The van der Waals surface area contributed by atoms with Crippen molar-refractivity contribution in [3.8, 4) is 17.3 Å². The van der Waals surface area contributed by atoms with Crippen LogP contribution in [0.5, 0.6) is 11.5 Å². The fraction of sp³-hybridized carbons (Fsp3) is 0.158. The first kappa shape index (κ1) is 18.9. The number of rotatable bonds is 7. The number of carbonyl (C=O) groups is 2. The van der Waals surface area contributed by atoms with Crippen LogP contribution < -0.4 is 20.1 Å². The molecule has 9 heteroatoms. The van der Waals surface area contributed by atoms with E-state index in [1.165, 1.54) is 14.2 Å². The van der Waals surface area contributed by atoms with Crippen LogP contribution in [0.3, 0.4) is 0 Å². The maximum atomic E-state index is 12.5. The number of hydrogen-bond acceptors (Lipinski definition) is 6. The van der Waals surface area contributed by atoms with Crippen LogP contribution in [0, 0.1) is 0 Å². The van der Waals surface area contributed by atoms with Gasteiger partial charge in [0.25, 0.3) is 11.8 Å². The van der Waals surface area contributed by atoms with Gasteiger partial charge in [0, 0.05) is 25.0 Å². The van der Waals surface area contributed by atoms with E-state index in [2.05, 4.69) is 20.7 Å². The number of methoxy groups -OCH3 is 1. The maximum absolute atomic E-state index is 12.5. The lowest BCUT2D eigenvalue weighted by Gasteiger charge is -2.12.